The van der Waals surface area contributed by atoms with Crippen molar-refractivity contribution in [3.8, 4) is 5.88 Å². The third kappa shape index (κ3) is 5.23. The smallest absolute Gasteiger partial charge is 0.345 e. The number of amides is 1. The molecule has 1 aliphatic heterocycles. The summed E-state index contributed by atoms with van der Waals surface area (Å²) in [6.45, 7) is 14.4. The first-order valence-corrected chi connectivity index (χ1v) is 10.9. The second-order valence-corrected chi connectivity index (χ2v) is 10.3. The van der Waals surface area contributed by atoms with Crippen LogP contribution in [-0.2, 0) is 10.2 Å². The molecule has 8 nitrogen and oxygen atoms in total. The Hall–Kier alpha value is -3.03. The van der Waals surface area contributed by atoms with Gasteiger partial charge in [-0.15, -0.1) is 0 Å². The maximum Gasteiger partial charge on any atom is 0.345 e. The summed E-state index contributed by atoms with van der Waals surface area (Å²) in [4.78, 5) is 28.4. The molecule has 1 fully saturated rings. The lowest BCUT2D eigenvalue weighted by Crippen LogP contribution is -2.49. The van der Waals surface area contributed by atoms with Crippen LogP contribution < -0.4 is 9.64 Å². The highest BCUT2D eigenvalue weighted by molar-refractivity contribution is 5.91. The molecule has 32 heavy (non-hydrogen) atoms. The molecular formula is C24H33N3O5. The fraction of sp³-hybridized carbons (Fsp3) is 0.542. The Morgan fingerprint density at radius 3 is 2.25 bits per heavy atom. The minimum atomic E-state index is -1.11. The van der Waals surface area contributed by atoms with E-state index < -0.39 is 17.5 Å². The number of carboxylic acid groups (broad SMARTS) is 1. The fourth-order valence-electron chi connectivity index (χ4n) is 3.82. The summed E-state index contributed by atoms with van der Waals surface area (Å²) in [5.74, 6) is -1.34. The van der Waals surface area contributed by atoms with E-state index >= 15 is 0 Å². The van der Waals surface area contributed by atoms with Gasteiger partial charge in [0.2, 0.25) is 11.9 Å². The number of benzene rings is 1. The van der Waals surface area contributed by atoms with Crippen molar-refractivity contribution >= 4 is 17.6 Å². The van der Waals surface area contributed by atoms with Crippen LogP contribution in [0.4, 0.5) is 5.69 Å². The number of carboxylic acids is 1. The Kier molecular flexibility index (Phi) is 6.53. The van der Waals surface area contributed by atoms with Crippen LogP contribution in [0.15, 0.2) is 34.9 Å². The third-order valence-corrected chi connectivity index (χ3v) is 5.57. The summed E-state index contributed by atoms with van der Waals surface area (Å²) in [6, 6.07) is 9.75. The average molecular weight is 444 g/mol. The zero-order valence-electron chi connectivity index (χ0n) is 19.7. The number of carbonyl (C=O) groups excluding carboxylic acids is 1. The predicted octanol–water partition coefficient (Wildman–Crippen LogP) is 3.81. The van der Waals surface area contributed by atoms with Gasteiger partial charge in [0.25, 0.3) is 11.8 Å². The van der Waals surface area contributed by atoms with Gasteiger partial charge < -0.3 is 24.2 Å². The molecule has 0 bridgehead atoms. The zero-order chi connectivity index (χ0) is 23.7. The lowest BCUT2D eigenvalue weighted by Gasteiger charge is -2.38. The first-order chi connectivity index (χ1) is 14.9. The molecule has 1 N–H and O–H groups in total. The highest BCUT2D eigenvalue weighted by Gasteiger charge is 2.35. The molecule has 2 heterocycles. The molecule has 1 aromatic carbocycles. The van der Waals surface area contributed by atoms with E-state index in [1.54, 1.807) is 25.7 Å². The van der Waals surface area contributed by atoms with E-state index in [2.05, 4.69) is 49.0 Å². The van der Waals surface area contributed by atoms with E-state index in [9.17, 15) is 14.7 Å². The van der Waals surface area contributed by atoms with Crippen molar-refractivity contribution in [2.45, 2.75) is 53.1 Å². The fourth-order valence-corrected chi connectivity index (χ4v) is 3.82. The Balaban J connectivity index is 1.65. The standard InChI is InChI=1S/C24H33N3O5/c1-23(2,3)16-9-7-8-10-17(16)26-11-13-27(14-12-26)21(28)18-15-19(25-32-18)31-20(22(29)30)24(4,5)6/h7-10,15,20H,11-14H2,1-6H3,(H,29,30). The van der Waals surface area contributed by atoms with Crippen LogP contribution in [0, 0.1) is 5.41 Å². The van der Waals surface area contributed by atoms with Crippen LogP contribution in [0.3, 0.4) is 0 Å². The number of piperazine rings is 1. The molecule has 1 atom stereocenters. The number of rotatable bonds is 5. The number of nitrogens with zero attached hydrogens (tertiary/aromatic N) is 3. The van der Waals surface area contributed by atoms with Gasteiger partial charge in [-0.3, -0.25) is 4.79 Å². The highest BCUT2D eigenvalue weighted by Crippen LogP contribution is 2.32. The van der Waals surface area contributed by atoms with Gasteiger partial charge in [0.1, 0.15) is 0 Å². The number of ether oxygens (including phenoxy) is 1. The Morgan fingerprint density at radius 2 is 1.69 bits per heavy atom. The maximum absolute atomic E-state index is 12.9. The van der Waals surface area contributed by atoms with E-state index in [0.717, 1.165) is 0 Å². The van der Waals surface area contributed by atoms with E-state index in [1.807, 2.05) is 6.07 Å². The van der Waals surface area contributed by atoms with E-state index in [0.29, 0.717) is 26.2 Å². The Morgan fingerprint density at radius 1 is 1.06 bits per heavy atom. The van der Waals surface area contributed by atoms with Crippen LogP contribution in [0.25, 0.3) is 0 Å². The molecule has 1 aromatic heterocycles. The number of hydrogen-bond donors (Lipinski definition) is 1. The van der Waals surface area contributed by atoms with Gasteiger partial charge in [-0.25, -0.2) is 4.79 Å². The van der Waals surface area contributed by atoms with Crippen LogP contribution >= 0.6 is 0 Å². The average Bonchev–Trinajstić information content (AvgIpc) is 3.19. The largest absolute Gasteiger partial charge is 0.478 e. The number of carbonyl (C=O) groups is 2. The molecule has 0 radical (unpaired) electrons. The topological polar surface area (TPSA) is 96.1 Å². The van der Waals surface area contributed by atoms with Gasteiger partial charge in [0.05, 0.1) is 6.07 Å². The van der Waals surface area contributed by atoms with Crippen molar-refractivity contribution in [2.24, 2.45) is 5.41 Å². The summed E-state index contributed by atoms with van der Waals surface area (Å²) < 4.78 is 10.7. The van der Waals surface area contributed by atoms with Crippen LogP contribution in [-0.4, -0.2) is 59.3 Å². The van der Waals surface area contributed by atoms with Gasteiger partial charge in [0.15, 0.2) is 0 Å². The quantitative estimate of drug-likeness (QED) is 0.750. The van der Waals surface area contributed by atoms with Crippen molar-refractivity contribution in [2.75, 3.05) is 31.1 Å². The zero-order valence-corrected chi connectivity index (χ0v) is 19.7. The van der Waals surface area contributed by atoms with E-state index in [1.165, 1.54) is 17.3 Å². The molecule has 0 spiro atoms. The third-order valence-electron chi connectivity index (χ3n) is 5.57. The van der Waals surface area contributed by atoms with Crippen LogP contribution in [0.2, 0.25) is 0 Å². The highest BCUT2D eigenvalue weighted by atomic mass is 16.6. The lowest BCUT2D eigenvalue weighted by atomic mass is 9.85. The summed E-state index contributed by atoms with van der Waals surface area (Å²) >= 11 is 0. The lowest BCUT2D eigenvalue weighted by molar-refractivity contribution is -0.150. The molecule has 3 rings (SSSR count). The van der Waals surface area contributed by atoms with Gasteiger partial charge >= 0.3 is 5.97 Å². The molecule has 8 heteroatoms. The summed E-state index contributed by atoms with van der Waals surface area (Å²) in [5, 5.41) is 13.2. The van der Waals surface area contributed by atoms with Crippen molar-refractivity contribution in [3.05, 3.63) is 41.7 Å². The number of para-hydroxylation sites is 1. The molecule has 1 amide bonds. The Bertz CT molecular complexity index is 962. The summed E-state index contributed by atoms with van der Waals surface area (Å²) in [6.07, 6.45) is -1.11. The SMILES string of the molecule is CC(C)(C)c1ccccc1N1CCN(C(=O)c2cc(OC(C(=O)O)C(C)(C)C)no2)CC1. The van der Waals surface area contributed by atoms with Crippen molar-refractivity contribution in [1.29, 1.82) is 0 Å². The van der Waals surface area contributed by atoms with E-state index in [-0.39, 0.29) is 23.0 Å². The van der Waals surface area contributed by atoms with Crippen molar-refractivity contribution in [1.82, 2.24) is 10.1 Å². The van der Waals surface area contributed by atoms with Gasteiger partial charge in [0, 0.05) is 37.3 Å². The number of hydrogen-bond acceptors (Lipinski definition) is 6. The predicted molar refractivity (Wildman–Crippen MR) is 121 cm³/mol. The van der Waals surface area contributed by atoms with Crippen LogP contribution in [0.1, 0.15) is 57.7 Å². The van der Waals surface area contributed by atoms with Crippen molar-refractivity contribution < 1.29 is 24.0 Å². The number of aromatic nitrogens is 1. The first-order valence-electron chi connectivity index (χ1n) is 10.9. The monoisotopic (exact) mass is 443 g/mol. The summed E-state index contributed by atoms with van der Waals surface area (Å²) in [7, 11) is 0. The molecule has 2 aromatic rings. The minimum Gasteiger partial charge on any atom is -0.478 e. The number of anilines is 1. The molecule has 1 aliphatic rings. The van der Waals surface area contributed by atoms with Gasteiger partial charge in [-0.2, -0.15) is 0 Å². The molecular weight excluding hydrogens is 410 g/mol. The molecule has 0 aliphatic carbocycles. The second kappa shape index (κ2) is 8.84. The molecule has 0 saturated carbocycles. The van der Waals surface area contributed by atoms with Gasteiger partial charge in [-0.05, 0) is 22.2 Å². The molecule has 1 saturated heterocycles. The maximum atomic E-state index is 12.9. The minimum absolute atomic E-state index is 0.00610. The molecule has 174 valence electrons. The normalized spacial score (nSPS) is 16.1. The molecule has 1 unspecified atom stereocenters. The summed E-state index contributed by atoms with van der Waals surface area (Å²) in [5.41, 5.74) is 1.86. The van der Waals surface area contributed by atoms with E-state index in [4.69, 9.17) is 9.26 Å². The number of aliphatic carboxylic acids is 1. The first kappa shape index (κ1) is 23.6. The Labute approximate surface area is 189 Å². The van der Waals surface area contributed by atoms with Crippen molar-refractivity contribution in [3.63, 3.8) is 0 Å². The van der Waals surface area contributed by atoms with Gasteiger partial charge in [-0.1, -0.05) is 59.7 Å². The van der Waals surface area contributed by atoms with Crippen LogP contribution in [0.5, 0.6) is 5.88 Å². The second-order valence-electron chi connectivity index (χ2n) is 10.3.